The average molecular weight is 274 g/mol. The normalized spacial score (nSPS) is 23.2. The Bertz CT molecular complexity index is 444. The van der Waals surface area contributed by atoms with Gasteiger partial charge in [-0.25, -0.2) is 9.97 Å². The maximum Gasteiger partial charge on any atom is 0.225 e. The Hall–Kier alpha value is -1.65. The third-order valence-corrected chi connectivity index (χ3v) is 4.42. The number of rotatable bonds is 4. The van der Waals surface area contributed by atoms with E-state index in [0.29, 0.717) is 12.6 Å². The topological polar surface area (TPSA) is 58.1 Å². The van der Waals surface area contributed by atoms with E-state index in [9.17, 15) is 4.79 Å². The van der Waals surface area contributed by atoms with Crippen molar-refractivity contribution in [2.45, 2.75) is 44.6 Å². The van der Waals surface area contributed by atoms with E-state index < -0.39 is 0 Å². The predicted octanol–water partition coefficient (Wildman–Crippen LogP) is 1.75. The lowest BCUT2D eigenvalue weighted by atomic mass is 10.1. The van der Waals surface area contributed by atoms with Crippen molar-refractivity contribution in [1.82, 2.24) is 15.3 Å². The fourth-order valence-corrected chi connectivity index (χ4v) is 3.30. The van der Waals surface area contributed by atoms with Crippen molar-refractivity contribution in [3.05, 3.63) is 18.5 Å². The van der Waals surface area contributed by atoms with E-state index in [1.807, 2.05) is 6.07 Å². The van der Waals surface area contributed by atoms with E-state index in [1.165, 1.54) is 12.8 Å². The van der Waals surface area contributed by atoms with E-state index in [-0.39, 0.29) is 11.8 Å². The molecule has 1 aliphatic heterocycles. The Morgan fingerprint density at radius 2 is 1.95 bits per heavy atom. The van der Waals surface area contributed by atoms with Crippen LogP contribution in [0.1, 0.15) is 38.5 Å². The van der Waals surface area contributed by atoms with Crippen LogP contribution in [0.5, 0.6) is 0 Å². The van der Waals surface area contributed by atoms with Crippen LogP contribution in [-0.4, -0.2) is 35.0 Å². The van der Waals surface area contributed by atoms with Crippen molar-refractivity contribution < 1.29 is 4.79 Å². The van der Waals surface area contributed by atoms with E-state index in [1.54, 1.807) is 12.4 Å². The molecule has 5 nitrogen and oxygen atoms in total. The first-order chi connectivity index (χ1) is 9.84. The SMILES string of the molecule is O=C(NC[C@H]1CCCN1c1ncccn1)C1CCCC1. The largest absolute Gasteiger partial charge is 0.354 e. The number of hydrogen-bond donors (Lipinski definition) is 1. The maximum atomic E-state index is 12.1. The molecule has 2 fully saturated rings. The van der Waals surface area contributed by atoms with Gasteiger partial charge >= 0.3 is 0 Å². The lowest BCUT2D eigenvalue weighted by Gasteiger charge is -2.25. The van der Waals surface area contributed by atoms with Crippen LogP contribution in [0, 0.1) is 5.92 Å². The summed E-state index contributed by atoms with van der Waals surface area (Å²) >= 11 is 0. The van der Waals surface area contributed by atoms with Gasteiger partial charge in [-0.1, -0.05) is 12.8 Å². The lowest BCUT2D eigenvalue weighted by molar-refractivity contribution is -0.124. The van der Waals surface area contributed by atoms with Crippen LogP contribution in [0.3, 0.4) is 0 Å². The van der Waals surface area contributed by atoms with Gasteiger partial charge in [0, 0.05) is 37.4 Å². The van der Waals surface area contributed by atoms with Gasteiger partial charge in [0.15, 0.2) is 0 Å². The maximum absolute atomic E-state index is 12.1. The molecule has 0 radical (unpaired) electrons. The van der Waals surface area contributed by atoms with Crippen molar-refractivity contribution in [1.29, 1.82) is 0 Å². The van der Waals surface area contributed by atoms with Gasteiger partial charge in [0.05, 0.1) is 0 Å². The van der Waals surface area contributed by atoms with Crippen LogP contribution >= 0.6 is 0 Å². The number of anilines is 1. The molecule has 5 heteroatoms. The third-order valence-electron chi connectivity index (χ3n) is 4.42. The van der Waals surface area contributed by atoms with Gasteiger partial charge in [-0.15, -0.1) is 0 Å². The number of carbonyl (C=O) groups is 1. The van der Waals surface area contributed by atoms with Crippen LogP contribution in [0.25, 0.3) is 0 Å². The van der Waals surface area contributed by atoms with Gasteiger partial charge in [-0.05, 0) is 31.7 Å². The highest BCUT2D eigenvalue weighted by molar-refractivity contribution is 5.78. The van der Waals surface area contributed by atoms with Crippen molar-refractivity contribution in [2.75, 3.05) is 18.0 Å². The summed E-state index contributed by atoms with van der Waals surface area (Å²) in [6.45, 7) is 1.70. The number of carbonyl (C=O) groups excluding carboxylic acids is 1. The van der Waals surface area contributed by atoms with Crippen molar-refractivity contribution >= 4 is 11.9 Å². The molecule has 1 saturated heterocycles. The molecule has 0 aromatic carbocycles. The molecular weight excluding hydrogens is 252 g/mol. The monoisotopic (exact) mass is 274 g/mol. The van der Waals surface area contributed by atoms with E-state index in [2.05, 4.69) is 20.2 Å². The first-order valence-electron chi connectivity index (χ1n) is 7.66. The second kappa shape index (κ2) is 6.20. The summed E-state index contributed by atoms with van der Waals surface area (Å²) in [5.74, 6) is 1.27. The zero-order chi connectivity index (χ0) is 13.8. The van der Waals surface area contributed by atoms with Gasteiger partial charge in [0.25, 0.3) is 0 Å². The molecule has 2 heterocycles. The minimum absolute atomic E-state index is 0.239. The van der Waals surface area contributed by atoms with Crippen LogP contribution in [0.15, 0.2) is 18.5 Å². The third kappa shape index (κ3) is 2.92. The minimum atomic E-state index is 0.239. The molecule has 1 saturated carbocycles. The molecule has 0 unspecified atom stereocenters. The summed E-state index contributed by atoms with van der Waals surface area (Å²) in [6.07, 6.45) is 10.3. The molecule has 1 amide bonds. The fraction of sp³-hybridized carbons (Fsp3) is 0.667. The average Bonchev–Trinajstić information content (AvgIpc) is 3.17. The number of aromatic nitrogens is 2. The molecule has 1 aromatic heterocycles. The molecule has 0 bridgehead atoms. The van der Waals surface area contributed by atoms with Gasteiger partial charge < -0.3 is 10.2 Å². The van der Waals surface area contributed by atoms with Crippen LogP contribution in [0.4, 0.5) is 5.95 Å². The molecule has 3 rings (SSSR count). The Morgan fingerprint density at radius 3 is 2.70 bits per heavy atom. The molecule has 1 aliphatic carbocycles. The summed E-state index contributed by atoms with van der Waals surface area (Å²) in [4.78, 5) is 22.9. The summed E-state index contributed by atoms with van der Waals surface area (Å²) in [5.41, 5.74) is 0. The van der Waals surface area contributed by atoms with Gasteiger partial charge in [0.1, 0.15) is 0 Å². The highest BCUT2D eigenvalue weighted by Gasteiger charge is 2.28. The predicted molar refractivity (Wildman–Crippen MR) is 77.4 cm³/mol. The smallest absolute Gasteiger partial charge is 0.225 e. The zero-order valence-electron chi connectivity index (χ0n) is 11.8. The highest BCUT2D eigenvalue weighted by atomic mass is 16.1. The standard InChI is InChI=1S/C15H22N4O/c20-14(12-5-1-2-6-12)18-11-13-7-3-10-19(13)15-16-8-4-9-17-15/h4,8-9,12-13H,1-3,5-7,10-11H2,(H,18,20)/t13-/m1/s1. The van der Waals surface area contributed by atoms with Crippen molar-refractivity contribution in [3.8, 4) is 0 Å². The van der Waals surface area contributed by atoms with Gasteiger partial charge in [-0.2, -0.15) is 0 Å². The summed E-state index contributed by atoms with van der Waals surface area (Å²) in [5, 5.41) is 3.13. The Kier molecular flexibility index (Phi) is 4.14. The second-order valence-corrected chi connectivity index (χ2v) is 5.76. The van der Waals surface area contributed by atoms with Crippen LogP contribution in [0.2, 0.25) is 0 Å². The van der Waals surface area contributed by atoms with Gasteiger partial charge in [-0.3, -0.25) is 4.79 Å². The van der Waals surface area contributed by atoms with E-state index >= 15 is 0 Å². The Balaban J connectivity index is 1.55. The molecule has 1 atom stereocenters. The molecule has 20 heavy (non-hydrogen) atoms. The van der Waals surface area contributed by atoms with E-state index in [0.717, 1.165) is 38.2 Å². The zero-order valence-corrected chi connectivity index (χ0v) is 11.8. The fourth-order valence-electron chi connectivity index (χ4n) is 3.30. The number of nitrogens with one attached hydrogen (secondary N) is 1. The van der Waals surface area contributed by atoms with Crippen molar-refractivity contribution in [3.63, 3.8) is 0 Å². The summed E-state index contributed by atoms with van der Waals surface area (Å²) in [7, 11) is 0. The Labute approximate surface area is 119 Å². The van der Waals surface area contributed by atoms with Crippen LogP contribution < -0.4 is 10.2 Å². The molecular formula is C15H22N4O. The molecule has 0 spiro atoms. The summed E-state index contributed by atoms with van der Waals surface area (Å²) in [6, 6.07) is 2.17. The first kappa shape index (κ1) is 13.3. The molecule has 108 valence electrons. The molecule has 1 aromatic rings. The van der Waals surface area contributed by atoms with Gasteiger partial charge in [0.2, 0.25) is 11.9 Å². The second-order valence-electron chi connectivity index (χ2n) is 5.76. The number of hydrogen-bond acceptors (Lipinski definition) is 4. The number of nitrogens with zero attached hydrogens (tertiary/aromatic N) is 3. The molecule has 1 N–H and O–H groups in total. The summed E-state index contributed by atoms with van der Waals surface area (Å²) < 4.78 is 0. The minimum Gasteiger partial charge on any atom is -0.354 e. The van der Waals surface area contributed by atoms with Crippen molar-refractivity contribution in [2.24, 2.45) is 5.92 Å². The lowest BCUT2D eigenvalue weighted by Crippen LogP contribution is -2.42. The highest BCUT2D eigenvalue weighted by Crippen LogP contribution is 2.25. The van der Waals surface area contributed by atoms with E-state index in [4.69, 9.17) is 0 Å². The molecule has 2 aliphatic rings. The first-order valence-corrected chi connectivity index (χ1v) is 7.66. The van der Waals surface area contributed by atoms with Crippen LogP contribution in [-0.2, 0) is 4.79 Å². The number of amides is 1. The quantitative estimate of drug-likeness (QED) is 0.909. The Morgan fingerprint density at radius 1 is 1.20 bits per heavy atom.